The van der Waals surface area contributed by atoms with Gasteiger partial charge in [0.15, 0.2) is 0 Å². The van der Waals surface area contributed by atoms with E-state index >= 15 is 0 Å². The Bertz CT molecular complexity index is 1080. The second-order valence-electron chi connectivity index (χ2n) is 8.31. The van der Waals surface area contributed by atoms with Crippen molar-refractivity contribution in [3.8, 4) is 0 Å². The molecule has 0 unspecified atom stereocenters. The molecule has 0 saturated carbocycles. The maximum absolute atomic E-state index is 14.6. The van der Waals surface area contributed by atoms with E-state index in [-0.39, 0.29) is 23.2 Å². The van der Waals surface area contributed by atoms with Gasteiger partial charge in [-0.25, -0.2) is 12.8 Å². The molecule has 2 aromatic rings. The van der Waals surface area contributed by atoms with Crippen molar-refractivity contribution in [1.29, 1.82) is 0 Å². The lowest BCUT2D eigenvalue weighted by Gasteiger charge is -2.33. The number of hydrogen-bond acceptors (Lipinski definition) is 6. The Hall–Kier alpha value is -2.53. The zero-order chi connectivity index (χ0) is 23.4. The topological polar surface area (TPSA) is 82.2 Å². The number of carbonyl (C=O) groups is 1. The highest BCUT2D eigenvalue weighted by atomic mass is 32.2. The molecule has 2 saturated heterocycles. The number of sulfonamides is 1. The third-order valence-corrected chi connectivity index (χ3v) is 7.85. The van der Waals surface area contributed by atoms with E-state index in [9.17, 15) is 17.6 Å². The zero-order valence-corrected chi connectivity index (χ0v) is 19.5. The summed E-state index contributed by atoms with van der Waals surface area (Å²) in [5.74, 6) is -0.645. The third-order valence-electron chi connectivity index (χ3n) is 5.94. The van der Waals surface area contributed by atoms with Gasteiger partial charge in [-0.3, -0.25) is 9.69 Å². The smallest absolute Gasteiger partial charge is 0.243 e. The number of carbonyl (C=O) groups excluding carboxylic acids is 1. The number of aryl methyl sites for hydroxylation is 1. The van der Waals surface area contributed by atoms with Crippen LogP contribution in [0.3, 0.4) is 0 Å². The van der Waals surface area contributed by atoms with Crippen LogP contribution in [-0.2, 0) is 19.6 Å². The normalized spacial score (nSPS) is 18.3. The minimum Gasteiger partial charge on any atom is -0.378 e. The average Bonchev–Trinajstić information content (AvgIpc) is 2.80. The highest BCUT2D eigenvalue weighted by molar-refractivity contribution is 7.89. The zero-order valence-electron chi connectivity index (χ0n) is 18.7. The first-order chi connectivity index (χ1) is 15.8. The number of hydrogen-bond donors (Lipinski definition) is 1. The van der Waals surface area contributed by atoms with Gasteiger partial charge in [0.25, 0.3) is 0 Å². The molecule has 0 bridgehead atoms. The summed E-state index contributed by atoms with van der Waals surface area (Å²) in [5.41, 5.74) is 1.90. The quantitative estimate of drug-likeness (QED) is 0.686. The van der Waals surface area contributed by atoms with Gasteiger partial charge in [0, 0.05) is 45.0 Å². The van der Waals surface area contributed by atoms with E-state index in [4.69, 9.17) is 4.74 Å². The van der Waals surface area contributed by atoms with Crippen LogP contribution in [0.2, 0.25) is 0 Å². The Balaban J connectivity index is 1.29. The molecule has 0 aliphatic carbocycles. The SMILES string of the molecule is Cc1ccc(S(=O)(=O)N2CCN(CC(=O)Nc3ccc(N4CCOCC4)c(F)c3)CC2)cc1. The predicted molar refractivity (Wildman–Crippen MR) is 124 cm³/mol. The van der Waals surface area contributed by atoms with E-state index < -0.39 is 10.0 Å². The van der Waals surface area contributed by atoms with Crippen LogP contribution in [0.5, 0.6) is 0 Å². The van der Waals surface area contributed by atoms with Crippen molar-refractivity contribution in [3.63, 3.8) is 0 Å². The van der Waals surface area contributed by atoms with Gasteiger partial charge in [-0.1, -0.05) is 17.7 Å². The first-order valence-corrected chi connectivity index (χ1v) is 12.5. The van der Waals surface area contributed by atoms with Crippen LogP contribution in [-0.4, -0.2) is 82.6 Å². The molecular formula is C23H29FN4O4S. The van der Waals surface area contributed by atoms with Crippen molar-refractivity contribution in [2.45, 2.75) is 11.8 Å². The Kier molecular flexibility index (Phi) is 7.28. The molecule has 178 valence electrons. The summed E-state index contributed by atoms with van der Waals surface area (Å²) in [6, 6.07) is 11.5. The summed E-state index contributed by atoms with van der Waals surface area (Å²) in [7, 11) is -3.54. The van der Waals surface area contributed by atoms with Gasteiger partial charge in [-0.15, -0.1) is 0 Å². The van der Waals surface area contributed by atoms with Crippen LogP contribution in [0.25, 0.3) is 0 Å². The Morgan fingerprint density at radius 1 is 1.00 bits per heavy atom. The van der Waals surface area contributed by atoms with Gasteiger partial charge in [-0.05, 0) is 37.3 Å². The van der Waals surface area contributed by atoms with Crippen molar-refractivity contribution in [2.24, 2.45) is 0 Å². The second-order valence-corrected chi connectivity index (χ2v) is 10.2. The molecule has 1 amide bonds. The van der Waals surface area contributed by atoms with Crippen molar-refractivity contribution >= 4 is 27.3 Å². The van der Waals surface area contributed by atoms with Gasteiger partial charge in [0.1, 0.15) is 5.82 Å². The molecule has 0 radical (unpaired) electrons. The minimum absolute atomic E-state index is 0.116. The Labute approximate surface area is 194 Å². The minimum atomic E-state index is -3.54. The van der Waals surface area contributed by atoms with Crippen molar-refractivity contribution in [3.05, 3.63) is 53.8 Å². The number of nitrogens with zero attached hydrogens (tertiary/aromatic N) is 3. The van der Waals surface area contributed by atoms with Crippen LogP contribution in [0, 0.1) is 12.7 Å². The molecular weight excluding hydrogens is 447 g/mol. The molecule has 8 nitrogen and oxygen atoms in total. The lowest BCUT2D eigenvalue weighted by Crippen LogP contribution is -2.50. The maximum atomic E-state index is 14.6. The summed E-state index contributed by atoms with van der Waals surface area (Å²) in [4.78, 5) is 16.6. The Morgan fingerprint density at radius 3 is 2.30 bits per heavy atom. The summed E-state index contributed by atoms with van der Waals surface area (Å²) in [6.07, 6.45) is 0. The number of halogens is 1. The average molecular weight is 477 g/mol. The largest absolute Gasteiger partial charge is 0.378 e. The van der Waals surface area contributed by atoms with E-state index in [1.54, 1.807) is 36.4 Å². The van der Waals surface area contributed by atoms with Gasteiger partial charge in [-0.2, -0.15) is 4.31 Å². The summed E-state index contributed by atoms with van der Waals surface area (Å²) in [5, 5.41) is 2.74. The first kappa shape index (κ1) is 23.6. The number of amides is 1. The summed E-state index contributed by atoms with van der Waals surface area (Å²) in [6.45, 7) is 5.94. The van der Waals surface area contributed by atoms with Gasteiger partial charge >= 0.3 is 0 Å². The molecule has 4 rings (SSSR count). The van der Waals surface area contributed by atoms with E-state index in [0.29, 0.717) is 63.9 Å². The van der Waals surface area contributed by atoms with E-state index in [1.807, 2.05) is 16.7 Å². The molecule has 33 heavy (non-hydrogen) atoms. The van der Waals surface area contributed by atoms with Crippen LogP contribution in [0.15, 0.2) is 47.4 Å². The molecule has 2 heterocycles. The van der Waals surface area contributed by atoms with Crippen molar-refractivity contribution < 1.29 is 22.3 Å². The lowest BCUT2D eigenvalue weighted by molar-refractivity contribution is -0.117. The lowest BCUT2D eigenvalue weighted by atomic mass is 10.2. The number of benzene rings is 2. The summed E-state index contributed by atoms with van der Waals surface area (Å²) >= 11 is 0. The van der Waals surface area contributed by atoms with Gasteiger partial charge in [0.05, 0.1) is 30.3 Å². The Morgan fingerprint density at radius 2 is 1.67 bits per heavy atom. The standard InChI is InChI=1S/C23H29FN4O4S/c1-18-2-5-20(6-3-18)33(30,31)28-10-8-26(9-11-28)17-23(29)25-19-4-7-22(21(24)16-19)27-12-14-32-15-13-27/h2-7,16H,8-15,17H2,1H3,(H,25,29). The summed E-state index contributed by atoms with van der Waals surface area (Å²) < 4.78 is 47.0. The van der Waals surface area contributed by atoms with Crippen LogP contribution in [0.1, 0.15) is 5.56 Å². The second kappa shape index (κ2) is 10.2. The molecule has 1 N–H and O–H groups in total. The molecule has 2 aromatic carbocycles. The molecule has 2 fully saturated rings. The van der Waals surface area contributed by atoms with Crippen LogP contribution < -0.4 is 10.2 Å². The highest BCUT2D eigenvalue weighted by Crippen LogP contribution is 2.24. The van der Waals surface area contributed by atoms with Crippen LogP contribution >= 0.6 is 0 Å². The van der Waals surface area contributed by atoms with E-state index in [0.717, 1.165) is 5.56 Å². The number of anilines is 2. The highest BCUT2D eigenvalue weighted by Gasteiger charge is 2.29. The molecule has 2 aliphatic rings. The monoisotopic (exact) mass is 476 g/mol. The number of ether oxygens (including phenoxy) is 1. The van der Waals surface area contributed by atoms with Gasteiger partial charge < -0.3 is 15.0 Å². The molecule has 0 atom stereocenters. The van der Waals surface area contributed by atoms with Crippen molar-refractivity contribution in [2.75, 3.05) is 69.2 Å². The number of rotatable bonds is 6. The number of piperazine rings is 1. The fourth-order valence-electron chi connectivity index (χ4n) is 4.04. The molecule has 10 heteroatoms. The number of morpholine rings is 1. The fourth-order valence-corrected chi connectivity index (χ4v) is 5.46. The first-order valence-electron chi connectivity index (χ1n) is 11.0. The van der Waals surface area contributed by atoms with Crippen LogP contribution in [0.4, 0.5) is 15.8 Å². The molecule has 2 aliphatic heterocycles. The molecule has 0 spiro atoms. The predicted octanol–water partition coefficient (Wildman–Crippen LogP) is 1.92. The molecule has 0 aromatic heterocycles. The fraction of sp³-hybridized carbons (Fsp3) is 0.435. The van der Waals surface area contributed by atoms with Crippen molar-refractivity contribution in [1.82, 2.24) is 9.21 Å². The van der Waals surface area contributed by atoms with Gasteiger partial charge in [0.2, 0.25) is 15.9 Å². The number of nitrogens with one attached hydrogen (secondary N) is 1. The van der Waals surface area contributed by atoms with E-state index in [1.165, 1.54) is 10.4 Å². The third kappa shape index (κ3) is 5.70. The van der Waals surface area contributed by atoms with E-state index in [2.05, 4.69) is 5.32 Å². The maximum Gasteiger partial charge on any atom is 0.243 e.